The van der Waals surface area contributed by atoms with Crippen molar-refractivity contribution in [3.63, 3.8) is 0 Å². The summed E-state index contributed by atoms with van der Waals surface area (Å²) in [4.78, 5) is 15.1. The Labute approximate surface area is 163 Å². The molecule has 1 aromatic heterocycles. The molecule has 2 fully saturated rings. The van der Waals surface area contributed by atoms with E-state index in [1.54, 1.807) is 13.0 Å². The number of carbonyl (C=O) groups is 1. The number of nitrogens with zero attached hydrogens (tertiary/aromatic N) is 2. The van der Waals surface area contributed by atoms with E-state index in [9.17, 15) is 14.3 Å². The predicted octanol–water partition coefficient (Wildman–Crippen LogP) is 3.45. The summed E-state index contributed by atoms with van der Waals surface area (Å²) in [6.07, 6.45) is 3.11. The summed E-state index contributed by atoms with van der Waals surface area (Å²) in [5, 5.41) is 16.7. The monoisotopic (exact) mass is 387 g/mol. The number of amides is 1. The molecule has 1 aromatic carbocycles. The molecule has 28 heavy (non-hydrogen) atoms. The number of halogens is 1. The van der Waals surface area contributed by atoms with Gasteiger partial charge in [-0.05, 0) is 57.7 Å². The summed E-state index contributed by atoms with van der Waals surface area (Å²) in [7, 11) is 0. The fourth-order valence-corrected chi connectivity index (χ4v) is 3.90. The van der Waals surface area contributed by atoms with Gasteiger partial charge < -0.3 is 19.8 Å². The van der Waals surface area contributed by atoms with Crippen LogP contribution < -0.4 is 10.2 Å². The number of aryl methyl sites for hydroxylation is 1. The highest BCUT2D eigenvalue weighted by Crippen LogP contribution is 2.42. The summed E-state index contributed by atoms with van der Waals surface area (Å²) < 4.78 is 19.4. The zero-order valence-electron chi connectivity index (χ0n) is 16.2. The summed E-state index contributed by atoms with van der Waals surface area (Å²) in [5.41, 5.74) is 2.71. The second-order valence-corrected chi connectivity index (χ2v) is 7.90. The molecule has 1 amide bonds. The minimum atomic E-state index is -0.383. The maximum atomic E-state index is 14.0. The van der Waals surface area contributed by atoms with Crippen molar-refractivity contribution in [1.29, 1.82) is 0 Å². The molecule has 0 unspecified atom stereocenters. The van der Waals surface area contributed by atoms with Gasteiger partial charge in [0.25, 0.3) is 5.91 Å². The number of rotatable bonds is 5. The normalized spacial score (nSPS) is 18.9. The van der Waals surface area contributed by atoms with Gasteiger partial charge in [0.05, 0.1) is 17.8 Å². The number of piperidine rings is 1. The van der Waals surface area contributed by atoms with Gasteiger partial charge in [-0.3, -0.25) is 4.79 Å². The Morgan fingerprint density at radius 1 is 1.32 bits per heavy atom. The molecule has 2 aliphatic rings. The third kappa shape index (κ3) is 3.76. The van der Waals surface area contributed by atoms with Crippen LogP contribution in [0, 0.1) is 12.7 Å². The maximum absolute atomic E-state index is 14.0. The highest BCUT2D eigenvalue weighted by Gasteiger charge is 2.34. The van der Waals surface area contributed by atoms with Crippen molar-refractivity contribution in [2.45, 2.75) is 57.6 Å². The van der Waals surface area contributed by atoms with Gasteiger partial charge in [0.15, 0.2) is 5.76 Å². The third-order valence-corrected chi connectivity index (χ3v) is 5.67. The molecule has 2 aromatic rings. The van der Waals surface area contributed by atoms with Crippen LogP contribution in [0.3, 0.4) is 0 Å². The number of aliphatic hydroxyl groups is 1. The van der Waals surface area contributed by atoms with Crippen molar-refractivity contribution in [3.8, 4) is 0 Å². The lowest BCUT2D eigenvalue weighted by Crippen LogP contribution is -2.37. The topological polar surface area (TPSA) is 78.6 Å². The van der Waals surface area contributed by atoms with Crippen molar-refractivity contribution < 1.29 is 18.8 Å². The summed E-state index contributed by atoms with van der Waals surface area (Å²) in [5.74, 6) is 0.364. The predicted molar refractivity (Wildman–Crippen MR) is 103 cm³/mol. The van der Waals surface area contributed by atoms with Crippen LogP contribution in [0.4, 0.5) is 10.1 Å². The first-order valence-electron chi connectivity index (χ1n) is 9.93. The average Bonchev–Trinajstić information content (AvgIpc) is 3.44. The largest absolute Gasteiger partial charge is 0.393 e. The molecule has 150 valence electrons. The number of nitrogens with one attached hydrogen (secondary N) is 1. The molecule has 0 radical (unpaired) electrons. The minimum absolute atomic E-state index is 0.238. The van der Waals surface area contributed by atoms with Crippen LogP contribution in [-0.4, -0.2) is 35.4 Å². The number of hydrogen-bond acceptors (Lipinski definition) is 5. The molecular weight excluding hydrogens is 361 g/mol. The van der Waals surface area contributed by atoms with Gasteiger partial charge in [-0.1, -0.05) is 5.16 Å². The standard InChI is InChI=1S/C21H26FN3O3/c1-12(23-21(27)19-13(2)24-28-20(19)14-3-4-14)17-11-15(22)5-6-18(17)25-9-7-16(26)8-10-25/h5-6,11-12,14,16,26H,3-4,7-10H2,1-2H3,(H,23,27)/t12-/m0/s1. The van der Waals surface area contributed by atoms with Crippen LogP contribution in [0.15, 0.2) is 22.7 Å². The lowest BCUT2D eigenvalue weighted by Gasteiger charge is -2.34. The van der Waals surface area contributed by atoms with Gasteiger partial charge in [-0.15, -0.1) is 0 Å². The molecule has 0 bridgehead atoms. The van der Waals surface area contributed by atoms with Crippen molar-refractivity contribution in [3.05, 3.63) is 46.6 Å². The molecule has 2 N–H and O–H groups in total. The van der Waals surface area contributed by atoms with Gasteiger partial charge in [0, 0.05) is 30.3 Å². The first kappa shape index (κ1) is 18.9. The van der Waals surface area contributed by atoms with Crippen LogP contribution in [-0.2, 0) is 0 Å². The number of anilines is 1. The van der Waals surface area contributed by atoms with E-state index in [4.69, 9.17) is 4.52 Å². The van der Waals surface area contributed by atoms with E-state index < -0.39 is 0 Å². The molecule has 4 rings (SSSR count). The highest BCUT2D eigenvalue weighted by molar-refractivity contribution is 5.96. The molecule has 1 saturated carbocycles. The van der Waals surface area contributed by atoms with Crippen LogP contribution in [0.25, 0.3) is 0 Å². The molecule has 2 heterocycles. The first-order chi connectivity index (χ1) is 13.4. The Bertz CT molecular complexity index is 870. The third-order valence-electron chi connectivity index (χ3n) is 5.67. The lowest BCUT2D eigenvalue weighted by atomic mass is 10.0. The molecule has 1 aliphatic carbocycles. The van der Waals surface area contributed by atoms with Crippen molar-refractivity contribution in [2.75, 3.05) is 18.0 Å². The Morgan fingerprint density at radius 2 is 2.04 bits per heavy atom. The SMILES string of the molecule is Cc1noc(C2CC2)c1C(=O)N[C@@H](C)c1cc(F)ccc1N1CCC(O)CC1. The highest BCUT2D eigenvalue weighted by atomic mass is 19.1. The zero-order valence-corrected chi connectivity index (χ0v) is 16.2. The van der Waals surface area contributed by atoms with Gasteiger partial charge in [0.2, 0.25) is 0 Å². The number of aromatic nitrogens is 1. The van der Waals surface area contributed by atoms with Crippen molar-refractivity contribution >= 4 is 11.6 Å². The maximum Gasteiger partial charge on any atom is 0.257 e. The van der Waals surface area contributed by atoms with E-state index in [0.717, 1.165) is 24.1 Å². The minimum Gasteiger partial charge on any atom is -0.393 e. The summed E-state index contributed by atoms with van der Waals surface area (Å²) in [6.45, 7) is 5.03. The van der Waals surface area contributed by atoms with Gasteiger partial charge in [0.1, 0.15) is 11.4 Å². The quantitative estimate of drug-likeness (QED) is 0.822. The van der Waals surface area contributed by atoms with E-state index in [-0.39, 0.29) is 29.8 Å². The van der Waals surface area contributed by atoms with Gasteiger partial charge in [-0.2, -0.15) is 0 Å². The van der Waals surface area contributed by atoms with Gasteiger partial charge in [-0.25, -0.2) is 4.39 Å². The first-order valence-corrected chi connectivity index (χ1v) is 9.93. The Balaban J connectivity index is 1.56. The second-order valence-electron chi connectivity index (χ2n) is 7.90. The smallest absolute Gasteiger partial charge is 0.257 e. The molecule has 6 nitrogen and oxygen atoms in total. The van der Waals surface area contributed by atoms with E-state index in [1.807, 2.05) is 6.92 Å². The molecular formula is C21H26FN3O3. The molecule has 1 aliphatic heterocycles. The van der Waals surface area contributed by atoms with Crippen LogP contribution in [0.1, 0.15) is 71.9 Å². The Morgan fingerprint density at radius 3 is 2.71 bits per heavy atom. The number of hydrogen-bond donors (Lipinski definition) is 2. The van der Waals surface area contributed by atoms with E-state index in [2.05, 4.69) is 15.4 Å². The van der Waals surface area contributed by atoms with Crippen LogP contribution in [0.2, 0.25) is 0 Å². The molecule has 1 saturated heterocycles. The number of benzene rings is 1. The van der Waals surface area contributed by atoms with Crippen molar-refractivity contribution in [2.24, 2.45) is 0 Å². The van der Waals surface area contributed by atoms with Crippen molar-refractivity contribution in [1.82, 2.24) is 10.5 Å². The number of aliphatic hydroxyl groups excluding tert-OH is 1. The van der Waals surface area contributed by atoms with Crippen LogP contribution >= 0.6 is 0 Å². The fraction of sp³-hybridized carbons (Fsp3) is 0.524. The fourth-order valence-electron chi connectivity index (χ4n) is 3.90. The lowest BCUT2D eigenvalue weighted by molar-refractivity contribution is 0.0937. The second kappa shape index (κ2) is 7.54. The van der Waals surface area contributed by atoms with Crippen LogP contribution in [0.5, 0.6) is 0 Å². The van der Waals surface area contributed by atoms with E-state index in [0.29, 0.717) is 42.9 Å². The molecule has 7 heteroatoms. The van der Waals surface area contributed by atoms with Gasteiger partial charge >= 0.3 is 0 Å². The van der Waals surface area contributed by atoms with E-state index in [1.165, 1.54) is 12.1 Å². The summed E-state index contributed by atoms with van der Waals surface area (Å²) in [6, 6.07) is 4.29. The Kier molecular flexibility index (Phi) is 5.10. The number of carbonyl (C=O) groups excluding carboxylic acids is 1. The molecule has 1 atom stereocenters. The average molecular weight is 387 g/mol. The Hall–Kier alpha value is -2.41. The molecule has 0 spiro atoms. The van der Waals surface area contributed by atoms with E-state index >= 15 is 0 Å². The summed E-state index contributed by atoms with van der Waals surface area (Å²) >= 11 is 0. The zero-order chi connectivity index (χ0) is 19.8.